The van der Waals surface area contributed by atoms with E-state index in [9.17, 15) is 9.59 Å². The Hall–Kier alpha value is -2.10. The average molecular weight is 245 g/mol. The summed E-state index contributed by atoms with van der Waals surface area (Å²) in [6.45, 7) is 1.93. The van der Waals surface area contributed by atoms with Crippen LogP contribution in [-0.4, -0.2) is 23.9 Å². The van der Waals surface area contributed by atoms with Gasteiger partial charge in [0.05, 0.1) is 13.5 Å². The van der Waals surface area contributed by atoms with Gasteiger partial charge in [0.1, 0.15) is 0 Å². The van der Waals surface area contributed by atoms with E-state index < -0.39 is 0 Å². The summed E-state index contributed by atoms with van der Waals surface area (Å²) in [5, 5.41) is 0.907. The van der Waals surface area contributed by atoms with Crippen LogP contribution in [0.5, 0.6) is 0 Å². The van der Waals surface area contributed by atoms with Gasteiger partial charge in [0.15, 0.2) is 6.29 Å². The quantitative estimate of drug-likeness (QED) is 0.614. The predicted octanol–water partition coefficient (Wildman–Crippen LogP) is 2.58. The van der Waals surface area contributed by atoms with Crippen molar-refractivity contribution in [2.75, 3.05) is 7.11 Å². The fourth-order valence-corrected chi connectivity index (χ4v) is 2.11. The zero-order valence-corrected chi connectivity index (χ0v) is 10.4. The van der Waals surface area contributed by atoms with Crippen molar-refractivity contribution in [1.29, 1.82) is 0 Å². The molecule has 0 fully saturated rings. The van der Waals surface area contributed by atoms with Gasteiger partial charge in [-0.05, 0) is 13.0 Å². The molecule has 94 valence electrons. The van der Waals surface area contributed by atoms with E-state index in [2.05, 4.69) is 4.74 Å². The number of nitrogens with zero attached hydrogens (tertiary/aromatic N) is 1. The molecule has 0 spiro atoms. The first-order chi connectivity index (χ1) is 8.67. The second-order valence-corrected chi connectivity index (χ2v) is 4.26. The van der Waals surface area contributed by atoms with Crippen LogP contribution in [0.3, 0.4) is 0 Å². The van der Waals surface area contributed by atoms with E-state index in [1.54, 1.807) is 6.20 Å². The van der Waals surface area contributed by atoms with Crippen LogP contribution in [0, 0.1) is 0 Å². The number of esters is 1. The molecule has 18 heavy (non-hydrogen) atoms. The molecule has 0 aliphatic rings. The van der Waals surface area contributed by atoms with E-state index in [0.29, 0.717) is 5.56 Å². The molecule has 2 aromatic rings. The second-order valence-electron chi connectivity index (χ2n) is 4.26. The van der Waals surface area contributed by atoms with Crippen LogP contribution < -0.4 is 0 Å². The highest BCUT2D eigenvalue weighted by Gasteiger charge is 2.15. The molecule has 0 amide bonds. The summed E-state index contributed by atoms with van der Waals surface area (Å²) < 4.78 is 6.61. The zero-order chi connectivity index (χ0) is 13.1. The second kappa shape index (κ2) is 5.04. The Labute approximate surface area is 105 Å². The maximum absolute atomic E-state index is 11.3. The molecular weight excluding hydrogens is 230 g/mol. The van der Waals surface area contributed by atoms with E-state index in [-0.39, 0.29) is 18.4 Å². The molecular formula is C14H15NO3. The summed E-state index contributed by atoms with van der Waals surface area (Å²) in [5.74, 6) is -0.257. The largest absolute Gasteiger partial charge is 0.469 e. The van der Waals surface area contributed by atoms with Crippen molar-refractivity contribution >= 4 is 23.2 Å². The zero-order valence-electron chi connectivity index (χ0n) is 10.4. The van der Waals surface area contributed by atoms with Crippen LogP contribution in [0.1, 0.15) is 29.7 Å². The third-order valence-corrected chi connectivity index (χ3v) is 3.06. The molecule has 2 rings (SSSR count). The molecule has 1 atom stereocenters. The van der Waals surface area contributed by atoms with E-state index in [0.717, 1.165) is 17.2 Å². The predicted molar refractivity (Wildman–Crippen MR) is 68.7 cm³/mol. The molecule has 4 nitrogen and oxygen atoms in total. The third kappa shape index (κ3) is 2.14. The van der Waals surface area contributed by atoms with Gasteiger partial charge in [0.2, 0.25) is 0 Å². The first kappa shape index (κ1) is 12.4. The lowest BCUT2D eigenvalue weighted by molar-refractivity contribution is -0.141. The van der Waals surface area contributed by atoms with Crippen molar-refractivity contribution in [2.24, 2.45) is 0 Å². The SMILES string of the molecule is COC(=O)CC(C)n1cc(C=O)c2ccccc21. The van der Waals surface area contributed by atoms with Gasteiger partial charge in [-0.15, -0.1) is 0 Å². The maximum atomic E-state index is 11.3. The minimum absolute atomic E-state index is 0.0453. The molecule has 1 heterocycles. The highest BCUT2D eigenvalue weighted by Crippen LogP contribution is 2.25. The minimum atomic E-state index is -0.257. The van der Waals surface area contributed by atoms with Crippen molar-refractivity contribution in [1.82, 2.24) is 4.57 Å². The Balaban J connectivity index is 2.44. The Bertz CT molecular complexity index is 586. The number of fused-ring (bicyclic) bond motifs is 1. The first-order valence-corrected chi connectivity index (χ1v) is 5.79. The summed E-state index contributed by atoms with van der Waals surface area (Å²) in [5.41, 5.74) is 1.60. The lowest BCUT2D eigenvalue weighted by atomic mass is 10.2. The lowest BCUT2D eigenvalue weighted by Crippen LogP contribution is -2.11. The van der Waals surface area contributed by atoms with Crippen LogP contribution >= 0.6 is 0 Å². The lowest BCUT2D eigenvalue weighted by Gasteiger charge is -2.13. The number of para-hydroxylation sites is 1. The average Bonchev–Trinajstić information content (AvgIpc) is 2.77. The van der Waals surface area contributed by atoms with Crippen LogP contribution in [0.15, 0.2) is 30.5 Å². The summed E-state index contributed by atoms with van der Waals surface area (Å²) in [4.78, 5) is 22.3. The monoisotopic (exact) mass is 245 g/mol. The highest BCUT2D eigenvalue weighted by molar-refractivity contribution is 5.97. The number of aldehydes is 1. The molecule has 1 unspecified atom stereocenters. The van der Waals surface area contributed by atoms with Gasteiger partial charge in [0.25, 0.3) is 0 Å². The Kier molecular flexibility index (Phi) is 3.46. The summed E-state index contributed by atoms with van der Waals surface area (Å²) in [6, 6.07) is 7.61. The fourth-order valence-electron chi connectivity index (χ4n) is 2.11. The summed E-state index contributed by atoms with van der Waals surface area (Å²) >= 11 is 0. The molecule has 0 N–H and O–H groups in total. The van der Waals surface area contributed by atoms with E-state index >= 15 is 0 Å². The van der Waals surface area contributed by atoms with Crippen molar-refractivity contribution in [3.63, 3.8) is 0 Å². The number of carbonyl (C=O) groups is 2. The van der Waals surface area contributed by atoms with Gasteiger partial charge < -0.3 is 9.30 Å². The van der Waals surface area contributed by atoms with Gasteiger partial charge in [0, 0.05) is 28.7 Å². The van der Waals surface area contributed by atoms with Crippen LogP contribution in [0.2, 0.25) is 0 Å². The van der Waals surface area contributed by atoms with Crippen molar-refractivity contribution in [3.05, 3.63) is 36.0 Å². The number of ether oxygens (including phenoxy) is 1. The van der Waals surface area contributed by atoms with Crippen LogP contribution in [0.25, 0.3) is 10.9 Å². The molecule has 1 aromatic carbocycles. The van der Waals surface area contributed by atoms with Crippen LogP contribution in [-0.2, 0) is 9.53 Å². The van der Waals surface area contributed by atoms with E-state index in [1.807, 2.05) is 35.8 Å². The highest BCUT2D eigenvalue weighted by atomic mass is 16.5. The maximum Gasteiger partial charge on any atom is 0.307 e. The summed E-state index contributed by atoms with van der Waals surface area (Å²) in [6.07, 6.45) is 2.91. The third-order valence-electron chi connectivity index (χ3n) is 3.06. The molecule has 0 radical (unpaired) electrons. The molecule has 0 bridgehead atoms. The number of hydrogen-bond acceptors (Lipinski definition) is 3. The summed E-state index contributed by atoms with van der Waals surface area (Å²) in [7, 11) is 1.37. The number of aromatic nitrogens is 1. The molecule has 4 heteroatoms. The minimum Gasteiger partial charge on any atom is -0.469 e. The van der Waals surface area contributed by atoms with Crippen molar-refractivity contribution in [2.45, 2.75) is 19.4 Å². The first-order valence-electron chi connectivity index (χ1n) is 5.79. The van der Waals surface area contributed by atoms with Gasteiger partial charge in [-0.1, -0.05) is 18.2 Å². The van der Waals surface area contributed by atoms with Gasteiger partial charge in [-0.2, -0.15) is 0 Å². The van der Waals surface area contributed by atoms with Gasteiger partial charge in [-0.3, -0.25) is 9.59 Å². The normalized spacial score (nSPS) is 12.3. The number of hydrogen-bond donors (Lipinski definition) is 0. The number of rotatable bonds is 4. The smallest absolute Gasteiger partial charge is 0.307 e. The molecule has 0 saturated heterocycles. The molecule has 1 aromatic heterocycles. The van der Waals surface area contributed by atoms with Crippen molar-refractivity contribution < 1.29 is 14.3 Å². The Morgan fingerprint density at radius 3 is 2.83 bits per heavy atom. The van der Waals surface area contributed by atoms with Gasteiger partial charge in [-0.25, -0.2) is 0 Å². The van der Waals surface area contributed by atoms with Gasteiger partial charge >= 0.3 is 5.97 Å². The number of benzene rings is 1. The molecule has 0 saturated carbocycles. The molecule has 0 aliphatic heterocycles. The number of carbonyl (C=O) groups excluding carboxylic acids is 2. The Morgan fingerprint density at radius 1 is 1.44 bits per heavy atom. The topological polar surface area (TPSA) is 48.3 Å². The van der Waals surface area contributed by atoms with E-state index in [1.165, 1.54) is 7.11 Å². The number of methoxy groups -OCH3 is 1. The fraction of sp³-hybridized carbons (Fsp3) is 0.286. The Morgan fingerprint density at radius 2 is 2.17 bits per heavy atom. The van der Waals surface area contributed by atoms with E-state index in [4.69, 9.17) is 0 Å². The van der Waals surface area contributed by atoms with Crippen LogP contribution in [0.4, 0.5) is 0 Å². The molecule has 0 aliphatic carbocycles. The van der Waals surface area contributed by atoms with Crippen molar-refractivity contribution in [3.8, 4) is 0 Å². The standard InChI is InChI=1S/C14H15NO3/c1-10(7-14(17)18-2)15-8-11(9-16)12-5-3-4-6-13(12)15/h3-6,8-10H,7H2,1-2H3.